The van der Waals surface area contributed by atoms with Gasteiger partial charge in [0, 0.05) is 10.4 Å². The standard InChI is InChI=1S/C21H20N2O2S/c1-2-25-16-10-7-14(8-11-16)13-19(24)22-21-23-20-17-6-4-3-5-15(17)9-12-18(20)26-21/h3-8,10-11H,2,9,12-13H2,1H3,(H,22,23,24). The molecule has 5 heteroatoms. The van der Waals surface area contributed by atoms with E-state index in [1.165, 1.54) is 16.0 Å². The van der Waals surface area contributed by atoms with Crippen LogP contribution in [0, 0.1) is 0 Å². The molecule has 1 N–H and O–H groups in total. The Kier molecular flexibility index (Phi) is 4.71. The lowest BCUT2D eigenvalue weighted by molar-refractivity contribution is -0.115. The van der Waals surface area contributed by atoms with E-state index < -0.39 is 0 Å². The summed E-state index contributed by atoms with van der Waals surface area (Å²) in [5, 5.41) is 3.64. The second-order valence-corrected chi connectivity index (χ2v) is 7.33. The van der Waals surface area contributed by atoms with Crippen LogP contribution in [0.5, 0.6) is 5.75 Å². The Balaban J connectivity index is 1.45. The molecule has 1 aromatic heterocycles. The average Bonchev–Trinajstić information content (AvgIpc) is 3.06. The van der Waals surface area contributed by atoms with Gasteiger partial charge in [-0.25, -0.2) is 4.98 Å². The minimum atomic E-state index is -0.0476. The van der Waals surface area contributed by atoms with Crippen molar-refractivity contribution in [2.45, 2.75) is 26.2 Å². The normalized spacial score (nSPS) is 12.2. The number of aromatic nitrogens is 1. The zero-order valence-corrected chi connectivity index (χ0v) is 15.4. The molecule has 2 aromatic carbocycles. The van der Waals surface area contributed by atoms with Crippen molar-refractivity contribution in [1.82, 2.24) is 4.98 Å². The van der Waals surface area contributed by atoms with Crippen LogP contribution in [0.1, 0.15) is 22.9 Å². The molecule has 1 aliphatic carbocycles. The molecule has 4 nitrogen and oxygen atoms in total. The Morgan fingerprint density at radius 2 is 1.96 bits per heavy atom. The number of benzene rings is 2. The number of rotatable bonds is 5. The summed E-state index contributed by atoms with van der Waals surface area (Å²) in [6, 6.07) is 16.0. The van der Waals surface area contributed by atoms with Gasteiger partial charge in [0.05, 0.1) is 18.7 Å². The summed E-state index contributed by atoms with van der Waals surface area (Å²) in [6.45, 7) is 2.59. The topological polar surface area (TPSA) is 51.2 Å². The maximum atomic E-state index is 12.4. The van der Waals surface area contributed by atoms with E-state index in [0.717, 1.165) is 29.8 Å². The maximum absolute atomic E-state index is 12.4. The summed E-state index contributed by atoms with van der Waals surface area (Å²) in [6.07, 6.45) is 2.34. The molecule has 0 unspecified atom stereocenters. The molecule has 0 atom stereocenters. The maximum Gasteiger partial charge on any atom is 0.230 e. The third-order valence-electron chi connectivity index (χ3n) is 4.44. The summed E-state index contributed by atoms with van der Waals surface area (Å²) in [7, 11) is 0. The zero-order chi connectivity index (χ0) is 17.9. The Bertz CT molecular complexity index is 931. The van der Waals surface area contributed by atoms with E-state index in [1.807, 2.05) is 37.3 Å². The zero-order valence-electron chi connectivity index (χ0n) is 14.6. The number of hydrogen-bond donors (Lipinski definition) is 1. The molecule has 0 aliphatic heterocycles. The first-order valence-corrected chi connectivity index (χ1v) is 9.64. The molecule has 4 rings (SSSR count). The number of ether oxygens (including phenoxy) is 1. The van der Waals surface area contributed by atoms with Crippen LogP contribution < -0.4 is 10.1 Å². The van der Waals surface area contributed by atoms with Crippen molar-refractivity contribution < 1.29 is 9.53 Å². The SMILES string of the molecule is CCOc1ccc(CC(=O)Nc2nc3c(s2)CCc2ccccc2-3)cc1. The van der Waals surface area contributed by atoms with E-state index >= 15 is 0 Å². The van der Waals surface area contributed by atoms with Crippen LogP contribution in [0.2, 0.25) is 0 Å². The van der Waals surface area contributed by atoms with Crippen molar-refractivity contribution in [2.75, 3.05) is 11.9 Å². The van der Waals surface area contributed by atoms with Gasteiger partial charge >= 0.3 is 0 Å². The molecule has 0 bridgehead atoms. The fourth-order valence-electron chi connectivity index (χ4n) is 3.22. The van der Waals surface area contributed by atoms with Crippen LogP contribution >= 0.6 is 11.3 Å². The van der Waals surface area contributed by atoms with E-state index in [2.05, 4.69) is 28.5 Å². The lowest BCUT2D eigenvalue weighted by atomic mass is 9.94. The minimum absolute atomic E-state index is 0.0476. The van der Waals surface area contributed by atoms with E-state index in [9.17, 15) is 4.79 Å². The van der Waals surface area contributed by atoms with Crippen LogP contribution in [-0.2, 0) is 24.1 Å². The molecule has 1 aliphatic rings. The quantitative estimate of drug-likeness (QED) is 0.726. The summed E-state index contributed by atoms with van der Waals surface area (Å²) in [4.78, 5) is 18.3. The van der Waals surface area contributed by atoms with E-state index in [4.69, 9.17) is 4.74 Å². The number of thiazole rings is 1. The highest BCUT2D eigenvalue weighted by Gasteiger charge is 2.21. The highest BCUT2D eigenvalue weighted by atomic mass is 32.1. The van der Waals surface area contributed by atoms with E-state index in [0.29, 0.717) is 18.2 Å². The fourth-order valence-corrected chi connectivity index (χ4v) is 4.21. The number of carbonyl (C=O) groups is 1. The first-order valence-electron chi connectivity index (χ1n) is 8.82. The molecule has 1 heterocycles. The van der Waals surface area contributed by atoms with Crippen molar-refractivity contribution in [3.63, 3.8) is 0 Å². The van der Waals surface area contributed by atoms with Gasteiger partial charge in [0.25, 0.3) is 0 Å². The minimum Gasteiger partial charge on any atom is -0.494 e. The monoisotopic (exact) mass is 364 g/mol. The van der Waals surface area contributed by atoms with Crippen molar-refractivity contribution in [3.05, 3.63) is 64.5 Å². The van der Waals surface area contributed by atoms with Crippen LogP contribution in [0.15, 0.2) is 48.5 Å². The third-order valence-corrected chi connectivity index (χ3v) is 5.47. The molecule has 0 spiro atoms. The Labute approximate surface area is 156 Å². The summed E-state index contributed by atoms with van der Waals surface area (Å²) in [5.74, 6) is 0.775. The number of anilines is 1. The molecular formula is C21H20N2O2S. The second-order valence-electron chi connectivity index (χ2n) is 6.25. The van der Waals surface area contributed by atoms with Crippen LogP contribution in [0.25, 0.3) is 11.3 Å². The molecule has 0 radical (unpaired) electrons. The fraction of sp³-hybridized carbons (Fsp3) is 0.238. The van der Waals surface area contributed by atoms with Gasteiger partial charge in [-0.05, 0) is 43.0 Å². The largest absolute Gasteiger partial charge is 0.494 e. The Hall–Kier alpha value is -2.66. The molecule has 0 saturated carbocycles. The smallest absolute Gasteiger partial charge is 0.230 e. The molecule has 132 valence electrons. The van der Waals surface area contributed by atoms with Gasteiger partial charge in [-0.2, -0.15) is 0 Å². The van der Waals surface area contributed by atoms with Gasteiger partial charge in [-0.3, -0.25) is 4.79 Å². The Morgan fingerprint density at radius 3 is 2.77 bits per heavy atom. The predicted octanol–water partition coefficient (Wildman–Crippen LogP) is 4.49. The van der Waals surface area contributed by atoms with Crippen molar-refractivity contribution in [2.24, 2.45) is 0 Å². The van der Waals surface area contributed by atoms with Crippen LogP contribution in [0.3, 0.4) is 0 Å². The van der Waals surface area contributed by atoms with Gasteiger partial charge in [-0.1, -0.05) is 36.4 Å². The van der Waals surface area contributed by atoms with Crippen molar-refractivity contribution >= 4 is 22.4 Å². The van der Waals surface area contributed by atoms with Crippen LogP contribution in [0.4, 0.5) is 5.13 Å². The van der Waals surface area contributed by atoms with E-state index in [1.54, 1.807) is 11.3 Å². The highest BCUT2D eigenvalue weighted by molar-refractivity contribution is 7.16. The van der Waals surface area contributed by atoms with E-state index in [-0.39, 0.29) is 5.91 Å². The summed E-state index contributed by atoms with van der Waals surface area (Å²) >= 11 is 1.58. The number of hydrogen-bond acceptors (Lipinski definition) is 4. The van der Waals surface area contributed by atoms with Gasteiger partial charge in [-0.15, -0.1) is 11.3 Å². The average molecular weight is 364 g/mol. The summed E-state index contributed by atoms with van der Waals surface area (Å²) < 4.78 is 5.43. The number of amides is 1. The van der Waals surface area contributed by atoms with Crippen molar-refractivity contribution in [1.29, 1.82) is 0 Å². The number of nitrogens with zero attached hydrogens (tertiary/aromatic N) is 1. The first kappa shape index (κ1) is 16.8. The predicted molar refractivity (Wildman–Crippen MR) is 105 cm³/mol. The molecule has 1 amide bonds. The van der Waals surface area contributed by atoms with Gasteiger partial charge < -0.3 is 10.1 Å². The molecule has 3 aromatic rings. The summed E-state index contributed by atoms with van der Waals surface area (Å²) in [5.41, 5.74) is 4.50. The Morgan fingerprint density at radius 1 is 1.15 bits per heavy atom. The van der Waals surface area contributed by atoms with Crippen molar-refractivity contribution in [3.8, 4) is 17.0 Å². The van der Waals surface area contributed by atoms with Gasteiger partial charge in [0.15, 0.2) is 5.13 Å². The molecule has 26 heavy (non-hydrogen) atoms. The molecule has 0 saturated heterocycles. The van der Waals surface area contributed by atoms with Crippen LogP contribution in [-0.4, -0.2) is 17.5 Å². The molecular weight excluding hydrogens is 344 g/mol. The second kappa shape index (κ2) is 7.30. The molecule has 0 fully saturated rings. The van der Waals surface area contributed by atoms with Gasteiger partial charge in [0.2, 0.25) is 5.91 Å². The number of carbonyl (C=O) groups excluding carboxylic acids is 1. The lowest BCUT2D eigenvalue weighted by Gasteiger charge is -2.13. The highest BCUT2D eigenvalue weighted by Crippen LogP contribution is 2.37. The lowest BCUT2D eigenvalue weighted by Crippen LogP contribution is -2.14. The number of nitrogens with one attached hydrogen (secondary N) is 1. The number of fused-ring (bicyclic) bond motifs is 3. The van der Waals surface area contributed by atoms with Gasteiger partial charge in [0.1, 0.15) is 5.75 Å². The third kappa shape index (κ3) is 3.48. The first-order chi connectivity index (χ1) is 12.7. The number of aryl methyl sites for hydroxylation is 2.